The van der Waals surface area contributed by atoms with E-state index in [1.165, 1.54) is 6.92 Å². The molecule has 312 valence electrons. The van der Waals surface area contributed by atoms with Gasteiger partial charge in [0.15, 0.2) is 0 Å². The Morgan fingerprint density at radius 2 is 1.27 bits per heavy atom. The summed E-state index contributed by atoms with van der Waals surface area (Å²) in [4.78, 5) is 12.3. The van der Waals surface area contributed by atoms with Crippen LogP contribution in [-0.2, 0) is 59.5 Å². The first kappa shape index (κ1) is 45.1. The Bertz CT molecular complexity index is 1960. The standard InChI is InChI=1S/C49H55ClO9/c1-5-53-42-25-23-38(24-26-42)29-35(2)43(50)30-44(54-28-16-15-27-51)36(3)46-48(57-32-40-19-11-7-12-20-40)49(58-33-41-21-13-8-14-22-41)47(45(59-46)34-55-37(4)52)56-31-39-17-9-6-10-18-39/h6-26,30,45-49,51H,3,5,27-29,31-34H2,1-2,4H3. The average molecular weight is 823 g/mol. The van der Waals surface area contributed by atoms with Crippen LogP contribution in [0.3, 0.4) is 0 Å². The summed E-state index contributed by atoms with van der Waals surface area (Å²) in [6, 6.07) is 37.4. The van der Waals surface area contributed by atoms with E-state index in [0.29, 0.717) is 29.4 Å². The Morgan fingerprint density at radius 3 is 1.80 bits per heavy atom. The second kappa shape index (κ2) is 24.2. The van der Waals surface area contributed by atoms with E-state index >= 15 is 0 Å². The summed E-state index contributed by atoms with van der Waals surface area (Å²) in [5, 5.41) is 9.91. The first-order valence-electron chi connectivity index (χ1n) is 19.9. The van der Waals surface area contributed by atoms with Crippen molar-refractivity contribution in [3.63, 3.8) is 0 Å². The lowest BCUT2D eigenvalue weighted by atomic mass is 9.89. The highest BCUT2D eigenvalue weighted by Crippen LogP contribution is 2.36. The third-order valence-electron chi connectivity index (χ3n) is 9.58. The molecule has 1 fully saturated rings. The van der Waals surface area contributed by atoms with Crippen molar-refractivity contribution in [1.82, 2.24) is 0 Å². The average Bonchev–Trinajstić information content (AvgIpc) is 3.26. The molecule has 9 nitrogen and oxygen atoms in total. The molecule has 1 N–H and O–H groups in total. The molecule has 0 bridgehead atoms. The fraction of sp³-hybridized carbons (Fsp3) is 0.327. The Kier molecular flexibility index (Phi) is 18.5. The first-order chi connectivity index (χ1) is 28.7. The lowest BCUT2D eigenvalue weighted by molar-refractivity contribution is -0.263. The summed E-state index contributed by atoms with van der Waals surface area (Å²) in [5.74, 6) is 0.683. The highest BCUT2D eigenvalue weighted by molar-refractivity contribution is 6.31. The molecule has 0 amide bonds. The Labute approximate surface area is 353 Å². The number of benzene rings is 4. The number of halogens is 1. The highest BCUT2D eigenvalue weighted by atomic mass is 35.5. The third-order valence-corrected chi connectivity index (χ3v) is 10.0. The van der Waals surface area contributed by atoms with E-state index in [9.17, 15) is 9.90 Å². The van der Waals surface area contributed by atoms with Crippen molar-refractivity contribution in [2.45, 2.75) is 77.5 Å². The predicted molar refractivity (Wildman–Crippen MR) is 230 cm³/mol. The Balaban J connectivity index is 1.56. The minimum absolute atomic E-state index is 0.114. The molecule has 4 aromatic rings. The molecule has 0 radical (unpaired) electrons. The van der Waals surface area contributed by atoms with Crippen LogP contribution < -0.4 is 4.74 Å². The Morgan fingerprint density at radius 1 is 0.729 bits per heavy atom. The molecule has 5 atom stereocenters. The molecule has 10 heteroatoms. The SMILES string of the molecule is C=C(C(=CC(Cl)=C(C)Cc1ccc(OCC)cc1)OCC=CCO)C1OC(COC(C)=O)C(OCc2ccccc2)C(OCc2ccccc2)C1OCc1ccccc1. The number of aliphatic hydroxyl groups excluding tert-OH is 1. The van der Waals surface area contributed by atoms with E-state index in [-0.39, 0.29) is 39.6 Å². The van der Waals surface area contributed by atoms with Crippen molar-refractivity contribution in [3.05, 3.63) is 184 Å². The van der Waals surface area contributed by atoms with Crippen LogP contribution >= 0.6 is 11.6 Å². The smallest absolute Gasteiger partial charge is 0.302 e. The van der Waals surface area contributed by atoms with Gasteiger partial charge in [-0.25, -0.2) is 0 Å². The number of aliphatic hydroxyl groups is 1. The Hall–Kier alpha value is -5.00. The largest absolute Gasteiger partial charge is 0.494 e. The van der Waals surface area contributed by atoms with Gasteiger partial charge in [-0.1, -0.05) is 133 Å². The summed E-state index contributed by atoms with van der Waals surface area (Å²) < 4.78 is 44.8. The van der Waals surface area contributed by atoms with Gasteiger partial charge in [0.2, 0.25) is 0 Å². The molecule has 1 saturated heterocycles. The fourth-order valence-electron chi connectivity index (χ4n) is 6.55. The maximum absolute atomic E-state index is 12.3. The summed E-state index contributed by atoms with van der Waals surface area (Å²) in [6.07, 6.45) is 1.63. The third kappa shape index (κ3) is 14.4. The van der Waals surface area contributed by atoms with E-state index in [2.05, 4.69) is 6.58 Å². The lowest BCUT2D eigenvalue weighted by Gasteiger charge is -2.46. The lowest BCUT2D eigenvalue weighted by Crippen LogP contribution is -2.61. The number of carbonyl (C=O) groups is 1. The molecule has 4 aromatic carbocycles. The minimum atomic E-state index is -0.888. The quantitative estimate of drug-likeness (QED) is 0.0360. The number of rotatable bonds is 22. The monoisotopic (exact) mass is 822 g/mol. The summed E-state index contributed by atoms with van der Waals surface area (Å²) >= 11 is 7.06. The molecule has 1 aliphatic rings. The molecular formula is C49H55ClO9. The van der Waals surface area contributed by atoms with Crippen LogP contribution in [0.4, 0.5) is 0 Å². The summed E-state index contributed by atoms with van der Waals surface area (Å²) in [5.41, 5.74) is 5.22. The van der Waals surface area contributed by atoms with Gasteiger partial charge in [-0.3, -0.25) is 4.79 Å². The van der Waals surface area contributed by atoms with Gasteiger partial charge in [-0.15, -0.1) is 0 Å². The molecule has 0 spiro atoms. The van der Waals surface area contributed by atoms with Crippen molar-refractivity contribution < 1.29 is 43.1 Å². The van der Waals surface area contributed by atoms with Crippen molar-refractivity contribution in [1.29, 1.82) is 0 Å². The molecule has 59 heavy (non-hydrogen) atoms. The van der Waals surface area contributed by atoms with Crippen molar-refractivity contribution in [3.8, 4) is 5.75 Å². The van der Waals surface area contributed by atoms with Crippen LogP contribution in [0.25, 0.3) is 0 Å². The number of hydrogen-bond acceptors (Lipinski definition) is 9. The second-order valence-electron chi connectivity index (χ2n) is 14.1. The number of hydrogen-bond donors (Lipinski definition) is 1. The van der Waals surface area contributed by atoms with E-state index < -0.39 is 36.5 Å². The van der Waals surface area contributed by atoms with Crippen LogP contribution in [0, 0.1) is 0 Å². The molecule has 1 heterocycles. The van der Waals surface area contributed by atoms with Crippen LogP contribution in [0.2, 0.25) is 0 Å². The second-order valence-corrected chi connectivity index (χ2v) is 14.5. The van der Waals surface area contributed by atoms with Crippen LogP contribution in [-0.4, -0.2) is 68.0 Å². The van der Waals surface area contributed by atoms with E-state index in [1.54, 1.807) is 18.2 Å². The van der Waals surface area contributed by atoms with Gasteiger partial charge in [0.05, 0.1) is 33.0 Å². The normalized spacial score (nSPS) is 19.9. The van der Waals surface area contributed by atoms with Gasteiger partial charge in [0, 0.05) is 17.5 Å². The number of esters is 1. The zero-order valence-corrected chi connectivity index (χ0v) is 34.8. The highest BCUT2D eigenvalue weighted by Gasteiger charge is 2.50. The maximum atomic E-state index is 12.3. The molecular weight excluding hydrogens is 768 g/mol. The molecule has 0 saturated carbocycles. The van der Waals surface area contributed by atoms with Gasteiger partial charge in [0.1, 0.15) is 55.2 Å². The van der Waals surface area contributed by atoms with Crippen molar-refractivity contribution >= 4 is 17.6 Å². The minimum Gasteiger partial charge on any atom is -0.494 e. The molecule has 0 aromatic heterocycles. The zero-order chi connectivity index (χ0) is 41.8. The first-order valence-corrected chi connectivity index (χ1v) is 20.2. The number of allylic oxidation sites excluding steroid dienone is 3. The van der Waals surface area contributed by atoms with Gasteiger partial charge in [-0.2, -0.15) is 0 Å². The van der Waals surface area contributed by atoms with E-state index in [4.69, 9.17) is 44.8 Å². The van der Waals surface area contributed by atoms with Crippen LogP contribution in [0.1, 0.15) is 43.0 Å². The molecule has 1 aliphatic heterocycles. The predicted octanol–water partition coefficient (Wildman–Crippen LogP) is 9.23. The fourth-order valence-corrected chi connectivity index (χ4v) is 6.71. The van der Waals surface area contributed by atoms with Gasteiger partial charge >= 0.3 is 5.97 Å². The van der Waals surface area contributed by atoms with Gasteiger partial charge in [-0.05, 0) is 66.8 Å². The van der Waals surface area contributed by atoms with E-state index in [0.717, 1.165) is 33.6 Å². The van der Waals surface area contributed by atoms with Crippen molar-refractivity contribution in [2.75, 3.05) is 26.4 Å². The number of ether oxygens (including phenoxy) is 7. The summed E-state index contributed by atoms with van der Waals surface area (Å²) in [7, 11) is 0. The molecule has 0 aliphatic carbocycles. The maximum Gasteiger partial charge on any atom is 0.302 e. The van der Waals surface area contributed by atoms with E-state index in [1.807, 2.05) is 129 Å². The summed E-state index contributed by atoms with van der Waals surface area (Å²) in [6.45, 7) is 11.0. The molecule has 5 rings (SSSR count). The van der Waals surface area contributed by atoms with Crippen LogP contribution in [0.15, 0.2) is 162 Å². The van der Waals surface area contributed by atoms with Crippen LogP contribution in [0.5, 0.6) is 5.75 Å². The van der Waals surface area contributed by atoms with Gasteiger partial charge < -0.3 is 38.3 Å². The van der Waals surface area contributed by atoms with Gasteiger partial charge in [0.25, 0.3) is 0 Å². The number of carbonyl (C=O) groups excluding carboxylic acids is 1. The molecule has 5 unspecified atom stereocenters. The topological polar surface area (TPSA) is 102 Å². The zero-order valence-electron chi connectivity index (χ0n) is 34.0. The van der Waals surface area contributed by atoms with Crippen molar-refractivity contribution in [2.24, 2.45) is 0 Å².